The van der Waals surface area contributed by atoms with Gasteiger partial charge in [0.05, 0.1) is 34.5 Å². The standard InChI is InChI=1S/C32H29ClN4O3S/c33-24-7-8-25(35-30(24)21-9-11-34-29(19-21)36-13-15-40-16-14-36)32(39)37-12-10-22-18-28(27(38)17-20-5-6-20)41-31(22)23-3-1-2-4-26(23)37/h1-4,7-9,11,18-20H,5-6,10,12-17H2. The third-order valence-electron chi connectivity index (χ3n) is 7.96. The number of hydrogen-bond donors (Lipinski definition) is 0. The Morgan fingerprint density at radius 3 is 2.68 bits per heavy atom. The van der Waals surface area contributed by atoms with Gasteiger partial charge in [-0.25, -0.2) is 9.97 Å². The van der Waals surface area contributed by atoms with Crippen molar-refractivity contribution in [3.8, 4) is 21.7 Å². The van der Waals surface area contributed by atoms with Crippen molar-refractivity contribution in [2.45, 2.75) is 25.7 Å². The van der Waals surface area contributed by atoms with Crippen LogP contribution in [0.15, 0.2) is 60.8 Å². The molecule has 0 spiro atoms. The Hall–Kier alpha value is -3.59. The molecule has 2 fully saturated rings. The quantitative estimate of drug-likeness (QED) is 0.239. The number of morpholine rings is 1. The summed E-state index contributed by atoms with van der Waals surface area (Å²) in [4.78, 5) is 42.1. The summed E-state index contributed by atoms with van der Waals surface area (Å²) < 4.78 is 5.48. The SMILES string of the molecule is O=C(CC1CC1)c1cc2c(s1)-c1ccccc1N(C(=O)c1ccc(Cl)c(-c3ccnc(N4CCOCC4)c3)n1)CC2. The molecule has 1 amide bonds. The molecule has 41 heavy (non-hydrogen) atoms. The highest BCUT2D eigenvalue weighted by Crippen LogP contribution is 2.43. The van der Waals surface area contributed by atoms with E-state index in [0.717, 1.165) is 63.9 Å². The van der Waals surface area contributed by atoms with Crippen molar-refractivity contribution in [1.29, 1.82) is 0 Å². The molecular weight excluding hydrogens is 556 g/mol. The summed E-state index contributed by atoms with van der Waals surface area (Å²) in [7, 11) is 0. The highest BCUT2D eigenvalue weighted by molar-refractivity contribution is 7.17. The topological polar surface area (TPSA) is 75.6 Å². The van der Waals surface area contributed by atoms with Gasteiger partial charge < -0.3 is 14.5 Å². The van der Waals surface area contributed by atoms with Gasteiger partial charge >= 0.3 is 0 Å². The van der Waals surface area contributed by atoms with E-state index >= 15 is 0 Å². The van der Waals surface area contributed by atoms with Gasteiger partial charge in [0, 0.05) is 48.3 Å². The van der Waals surface area contributed by atoms with Crippen molar-refractivity contribution in [2.24, 2.45) is 5.92 Å². The molecule has 7 rings (SSSR count). The highest BCUT2D eigenvalue weighted by Gasteiger charge is 2.30. The minimum absolute atomic E-state index is 0.182. The third kappa shape index (κ3) is 5.27. The highest BCUT2D eigenvalue weighted by atomic mass is 35.5. The number of rotatable bonds is 6. The van der Waals surface area contributed by atoms with Crippen LogP contribution in [-0.4, -0.2) is 54.5 Å². The van der Waals surface area contributed by atoms with Crippen LogP contribution >= 0.6 is 22.9 Å². The Balaban J connectivity index is 1.20. The van der Waals surface area contributed by atoms with Crippen molar-refractivity contribution < 1.29 is 14.3 Å². The molecule has 3 aromatic heterocycles. The minimum atomic E-state index is -0.182. The van der Waals surface area contributed by atoms with Crippen molar-refractivity contribution in [3.05, 3.63) is 82.0 Å². The van der Waals surface area contributed by atoms with Crippen molar-refractivity contribution in [2.75, 3.05) is 42.6 Å². The van der Waals surface area contributed by atoms with E-state index in [1.54, 1.807) is 34.6 Å². The number of carbonyl (C=O) groups excluding carboxylic acids is 2. The number of aromatic nitrogens is 2. The van der Waals surface area contributed by atoms with Crippen LogP contribution in [-0.2, 0) is 11.2 Å². The first-order chi connectivity index (χ1) is 20.0. The lowest BCUT2D eigenvalue weighted by atomic mass is 10.1. The summed E-state index contributed by atoms with van der Waals surface area (Å²) in [6, 6.07) is 17.3. The van der Waals surface area contributed by atoms with Gasteiger partial charge in [-0.1, -0.05) is 29.8 Å². The number of thiophene rings is 1. The Labute approximate surface area is 247 Å². The second kappa shape index (κ2) is 11.0. The molecule has 7 nitrogen and oxygen atoms in total. The average Bonchev–Trinajstić information content (AvgIpc) is 3.76. The van der Waals surface area contributed by atoms with E-state index in [4.69, 9.17) is 21.3 Å². The van der Waals surface area contributed by atoms with Crippen LogP contribution in [0.2, 0.25) is 5.02 Å². The van der Waals surface area contributed by atoms with E-state index in [9.17, 15) is 9.59 Å². The first-order valence-electron chi connectivity index (χ1n) is 14.1. The van der Waals surface area contributed by atoms with Crippen molar-refractivity contribution >= 4 is 46.1 Å². The van der Waals surface area contributed by atoms with Crippen molar-refractivity contribution in [1.82, 2.24) is 9.97 Å². The zero-order chi connectivity index (χ0) is 27.9. The van der Waals surface area contributed by atoms with Crippen LogP contribution in [0, 0.1) is 5.92 Å². The summed E-state index contributed by atoms with van der Waals surface area (Å²) in [5.41, 5.74) is 4.61. The van der Waals surface area contributed by atoms with E-state index < -0.39 is 0 Å². The van der Waals surface area contributed by atoms with Gasteiger partial charge in [0.15, 0.2) is 5.78 Å². The summed E-state index contributed by atoms with van der Waals surface area (Å²) in [6.07, 6.45) is 5.37. The fraction of sp³-hybridized carbons (Fsp3) is 0.312. The lowest BCUT2D eigenvalue weighted by Crippen LogP contribution is -2.36. The molecule has 0 N–H and O–H groups in total. The molecule has 9 heteroatoms. The zero-order valence-electron chi connectivity index (χ0n) is 22.5. The van der Waals surface area contributed by atoms with Crippen LogP contribution < -0.4 is 9.80 Å². The first kappa shape index (κ1) is 26.3. The van der Waals surface area contributed by atoms with Crippen LogP contribution in [0.3, 0.4) is 0 Å². The number of para-hydroxylation sites is 1. The predicted octanol–water partition coefficient (Wildman–Crippen LogP) is 6.55. The molecule has 1 aromatic carbocycles. The number of halogens is 1. The number of hydrogen-bond acceptors (Lipinski definition) is 7. The summed E-state index contributed by atoms with van der Waals surface area (Å²) in [6.45, 7) is 3.36. The fourth-order valence-electron chi connectivity index (χ4n) is 5.56. The smallest absolute Gasteiger partial charge is 0.276 e. The minimum Gasteiger partial charge on any atom is -0.378 e. The van der Waals surface area contributed by atoms with E-state index in [1.807, 2.05) is 42.5 Å². The van der Waals surface area contributed by atoms with Gasteiger partial charge in [-0.15, -0.1) is 11.3 Å². The Morgan fingerprint density at radius 1 is 1.02 bits per heavy atom. The average molecular weight is 585 g/mol. The number of ether oxygens (including phenoxy) is 1. The number of fused-ring (bicyclic) bond motifs is 3. The molecule has 4 aromatic rings. The predicted molar refractivity (Wildman–Crippen MR) is 162 cm³/mol. The molecule has 3 aliphatic rings. The summed E-state index contributed by atoms with van der Waals surface area (Å²) >= 11 is 8.18. The van der Waals surface area contributed by atoms with Gasteiger partial charge in [0.1, 0.15) is 11.5 Å². The molecular formula is C32H29ClN4O3S. The van der Waals surface area contributed by atoms with Gasteiger partial charge in [-0.2, -0.15) is 0 Å². The molecule has 1 aliphatic carbocycles. The normalized spacial score (nSPS) is 16.6. The third-order valence-corrected chi connectivity index (χ3v) is 9.52. The van der Waals surface area contributed by atoms with E-state index in [-0.39, 0.29) is 11.7 Å². The van der Waals surface area contributed by atoms with Gasteiger partial charge in [0.2, 0.25) is 0 Å². The molecule has 208 valence electrons. The van der Waals surface area contributed by atoms with Crippen LogP contribution in [0.1, 0.15) is 45.0 Å². The molecule has 0 radical (unpaired) electrons. The van der Waals surface area contributed by atoms with Crippen LogP contribution in [0.4, 0.5) is 11.5 Å². The van der Waals surface area contributed by atoms with Crippen LogP contribution in [0.25, 0.3) is 21.7 Å². The summed E-state index contributed by atoms with van der Waals surface area (Å²) in [5, 5.41) is 0.475. The van der Waals surface area contributed by atoms with Gasteiger partial charge in [-0.05, 0) is 67.1 Å². The molecule has 5 heterocycles. The van der Waals surface area contributed by atoms with Gasteiger partial charge in [-0.3, -0.25) is 9.59 Å². The maximum Gasteiger partial charge on any atom is 0.276 e. The van der Waals surface area contributed by atoms with Gasteiger partial charge in [0.25, 0.3) is 5.91 Å². The lowest BCUT2D eigenvalue weighted by molar-refractivity contribution is 0.0972. The Bertz CT molecular complexity index is 1640. The number of nitrogens with zero attached hydrogens (tertiary/aromatic N) is 4. The number of amides is 1. The molecule has 1 saturated carbocycles. The Morgan fingerprint density at radius 2 is 1.85 bits per heavy atom. The summed E-state index contributed by atoms with van der Waals surface area (Å²) in [5.74, 6) is 1.45. The first-order valence-corrected chi connectivity index (χ1v) is 15.3. The second-order valence-electron chi connectivity index (χ2n) is 10.8. The number of pyridine rings is 2. The largest absolute Gasteiger partial charge is 0.378 e. The maximum atomic E-state index is 14.0. The zero-order valence-corrected chi connectivity index (χ0v) is 24.1. The molecule has 0 unspecified atom stereocenters. The van der Waals surface area contributed by atoms with E-state index in [0.29, 0.717) is 54.9 Å². The maximum absolute atomic E-state index is 14.0. The number of Topliss-reactive ketones (excluding diaryl/α,β-unsaturated/α-hetero) is 1. The second-order valence-corrected chi connectivity index (χ2v) is 12.2. The number of carbonyl (C=O) groups is 2. The number of benzene rings is 1. The Kier molecular flexibility index (Phi) is 7.06. The monoisotopic (exact) mass is 584 g/mol. The van der Waals surface area contributed by atoms with E-state index in [1.165, 1.54) is 0 Å². The molecule has 0 atom stereocenters. The molecule has 2 aliphatic heterocycles. The fourth-order valence-corrected chi connectivity index (χ4v) is 6.97. The van der Waals surface area contributed by atoms with Crippen LogP contribution in [0.5, 0.6) is 0 Å². The number of ketones is 1. The van der Waals surface area contributed by atoms with E-state index in [2.05, 4.69) is 9.88 Å². The molecule has 0 bridgehead atoms. The van der Waals surface area contributed by atoms with Crippen molar-refractivity contribution in [3.63, 3.8) is 0 Å². The molecule has 1 saturated heterocycles. The lowest BCUT2D eigenvalue weighted by Gasteiger charge is -2.28. The number of anilines is 2.